The fourth-order valence-electron chi connectivity index (χ4n) is 0.410. The van der Waals surface area contributed by atoms with Crippen LogP contribution in [0.15, 0.2) is 12.2 Å². The third kappa shape index (κ3) is 16.0. The Balaban J connectivity index is 0. The number of amides is 2. The van der Waals surface area contributed by atoms with Crippen molar-refractivity contribution in [2.24, 2.45) is 11.5 Å². The van der Waals surface area contributed by atoms with Crippen molar-refractivity contribution in [3.05, 3.63) is 12.2 Å². The molecule has 0 bridgehead atoms. The first-order chi connectivity index (χ1) is 5.58. The topological polar surface area (TPSA) is 87.6 Å². The number of hydrogen-bond acceptors (Lipinski definition) is 3. The van der Waals surface area contributed by atoms with Crippen LogP contribution in [0, 0.1) is 0 Å². The second-order valence-corrected chi connectivity index (χ2v) is 1.77. The molecule has 0 radical (unpaired) electrons. The number of nitrogens with two attached hydrogens (primary N) is 2. The first kappa shape index (κ1) is 13.5. The number of allylic oxidation sites excluding steroid dienone is 1. The maximum Gasteiger partial charge on any atom is 0.309 e. The Morgan fingerprint density at radius 1 is 1.33 bits per heavy atom. The lowest BCUT2D eigenvalue weighted by atomic mass is 10.5. The van der Waals surface area contributed by atoms with E-state index in [0.29, 0.717) is 0 Å². The summed E-state index contributed by atoms with van der Waals surface area (Å²) in [6, 6.07) is -0.833. The zero-order valence-corrected chi connectivity index (χ0v) is 7.61. The van der Waals surface area contributed by atoms with Gasteiger partial charge in [-0.25, -0.2) is 4.79 Å². The van der Waals surface area contributed by atoms with Crippen LogP contribution in [-0.4, -0.2) is 26.5 Å². The quantitative estimate of drug-likeness (QED) is 0.475. The second kappa shape index (κ2) is 9.93. The first-order valence-electron chi connectivity index (χ1n) is 3.31. The molecular weight excluding hydrogens is 160 g/mol. The molecule has 0 heterocycles. The van der Waals surface area contributed by atoms with Crippen LogP contribution in [0.2, 0.25) is 0 Å². The predicted octanol–water partition coefficient (Wildman–Crippen LogP) is 0.205. The summed E-state index contributed by atoms with van der Waals surface area (Å²) in [5.74, 6) is 0. The fourth-order valence-corrected chi connectivity index (χ4v) is 0.410. The number of carbonyl (C=O) groups is 1. The van der Waals surface area contributed by atoms with E-state index in [1.807, 2.05) is 19.1 Å². The van der Waals surface area contributed by atoms with Crippen LogP contribution >= 0.6 is 0 Å². The minimum absolute atomic E-state index is 0.181. The van der Waals surface area contributed by atoms with Crippen molar-refractivity contribution >= 4 is 6.03 Å². The summed E-state index contributed by atoms with van der Waals surface area (Å²) in [7, 11) is 3.21. The molecule has 0 atom stereocenters. The van der Waals surface area contributed by atoms with Gasteiger partial charge in [-0.1, -0.05) is 6.08 Å². The van der Waals surface area contributed by atoms with Gasteiger partial charge >= 0.3 is 6.03 Å². The molecule has 0 saturated carbocycles. The lowest BCUT2D eigenvalue weighted by Gasteiger charge is -2.05. The zero-order valence-electron chi connectivity index (χ0n) is 7.61. The summed E-state index contributed by atoms with van der Waals surface area (Å²) in [5, 5.41) is 0. The largest absolute Gasteiger partial charge is 0.352 e. The van der Waals surface area contributed by atoms with Gasteiger partial charge in [0, 0.05) is 14.2 Å². The molecule has 0 unspecified atom stereocenters. The van der Waals surface area contributed by atoms with Crippen molar-refractivity contribution in [2.45, 2.75) is 13.2 Å². The van der Waals surface area contributed by atoms with E-state index in [4.69, 9.17) is 14.3 Å². The van der Waals surface area contributed by atoms with Crippen molar-refractivity contribution in [2.75, 3.05) is 14.2 Å². The van der Waals surface area contributed by atoms with E-state index in [9.17, 15) is 0 Å². The molecule has 0 aromatic rings. The maximum absolute atomic E-state index is 9.00. The Morgan fingerprint density at radius 2 is 1.67 bits per heavy atom. The summed E-state index contributed by atoms with van der Waals surface area (Å²) in [4.78, 5) is 9.00. The average Bonchev–Trinajstić information content (AvgIpc) is 1.99. The minimum atomic E-state index is -0.833. The van der Waals surface area contributed by atoms with Gasteiger partial charge in [0.25, 0.3) is 0 Å². The van der Waals surface area contributed by atoms with Gasteiger partial charge in [0.1, 0.15) is 0 Å². The highest BCUT2D eigenvalue weighted by Crippen LogP contribution is 1.90. The molecule has 5 heteroatoms. The number of primary amides is 2. The first-order valence-corrected chi connectivity index (χ1v) is 3.31. The average molecular weight is 176 g/mol. The van der Waals surface area contributed by atoms with Crippen molar-refractivity contribution < 1.29 is 14.3 Å². The zero-order chi connectivity index (χ0) is 9.98. The molecule has 4 N–H and O–H groups in total. The molecule has 72 valence electrons. The molecule has 0 aromatic carbocycles. The van der Waals surface area contributed by atoms with Crippen LogP contribution < -0.4 is 11.5 Å². The highest BCUT2D eigenvalue weighted by atomic mass is 16.7. The normalized spacial score (nSPS) is 9.67. The molecule has 0 aromatic heterocycles. The Hall–Kier alpha value is -1.07. The fraction of sp³-hybridized carbons (Fsp3) is 0.571. The van der Waals surface area contributed by atoms with Gasteiger partial charge in [0.15, 0.2) is 6.29 Å². The predicted molar refractivity (Wildman–Crippen MR) is 46.4 cm³/mol. The van der Waals surface area contributed by atoms with Gasteiger partial charge in [-0.15, -0.1) is 0 Å². The van der Waals surface area contributed by atoms with E-state index in [1.165, 1.54) is 0 Å². The Morgan fingerprint density at radius 3 is 1.75 bits per heavy atom. The number of ether oxygens (including phenoxy) is 2. The van der Waals surface area contributed by atoms with E-state index in [2.05, 4.69) is 11.5 Å². The van der Waals surface area contributed by atoms with Crippen LogP contribution in [0.3, 0.4) is 0 Å². The van der Waals surface area contributed by atoms with Crippen LogP contribution in [0.5, 0.6) is 0 Å². The Kier molecular flexibility index (Phi) is 11.2. The van der Waals surface area contributed by atoms with Gasteiger partial charge in [0.2, 0.25) is 0 Å². The molecule has 0 aliphatic carbocycles. The van der Waals surface area contributed by atoms with Crippen LogP contribution in [0.1, 0.15) is 6.92 Å². The molecule has 0 aliphatic rings. The van der Waals surface area contributed by atoms with Crippen molar-refractivity contribution in [3.63, 3.8) is 0 Å². The van der Waals surface area contributed by atoms with E-state index in [0.717, 1.165) is 0 Å². The molecular formula is C7H16N2O3. The molecule has 0 rings (SSSR count). The smallest absolute Gasteiger partial charge is 0.309 e. The van der Waals surface area contributed by atoms with E-state index < -0.39 is 6.03 Å². The number of methoxy groups -OCH3 is 2. The third-order valence-corrected chi connectivity index (χ3v) is 0.814. The number of hydrogen-bond donors (Lipinski definition) is 2. The summed E-state index contributed by atoms with van der Waals surface area (Å²) >= 11 is 0. The second-order valence-electron chi connectivity index (χ2n) is 1.77. The van der Waals surface area contributed by atoms with Gasteiger partial charge in [0.05, 0.1) is 0 Å². The standard InChI is InChI=1S/C6H12O2.CH4N2O/c1-4-5-6(7-2)8-3;2-1(3)4/h4-6H,1-3H3;(H4,2,3,4). The molecule has 2 amide bonds. The lowest BCUT2D eigenvalue weighted by molar-refractivity contribution is -0.0666. The highest BCUT2D eigenvalue weighted by Gasteiger charge is 1.93. The maximum atomic E-state index is 9.00. The molecule has 12 heavy (non-hydrogen) atoms. The van der Waals surface area contributed by atoms with Crippen LogP contribution in [0.4, 0.5) is 4.79 Å². The van der Waals surface area contributed by atoms with Crippen molar-refractivity contribution in [1.29, 1.82) is 0 Å². The Bertz CT molecular complexity index is 129. The van der Waals surface area contributed by atoms with E-state index in [-0.39, 0.29) is 6.29 Å². The number of urea groups is 1. The molecule has 0 aliphatic heterocycles. The SMILES string of the molecule is CC=CC(OC)OC.NC(N)=O. The van der Waals surface area contributed by atoms with Crippen LogP contribution in [0.25, 0.3) is 0 Å². The van der Waals surface area contributed by atoms with E-state index in [1.54, 1.807) is 14.2 Å². The summed E-state index contributed by atoms with van der Waals surface area (Å²) in [6.45, 7) is 1.92. The van der Waals surface area contributed by atoms with Crippen molar-refractivity contribution in [3.8, 4) is 0 Å². The summed E-state index contributed by atoms with van der Waals surface area (Å²) < 4.78 is 9.66. The van der Waals surface area contributed by atoms with Crippen LogP contribution in [-0.2, 0) is 9.47 Å². The Labute approximate surface area is 72.3 Å². The molecule has 0 fully saturated rings. The highest BCUT2D eigenvalue weighted by molar-refractivity contribution is 5.69. The molecule has 5 nitrogen and oxygen atoms in total. The van der Waals surface area contributed by atoms with Gasteiger partial charge < -0.3 is 20.9 Å². The summed E-state index contributed by atoms with van der Waals surface area (Å²) in [6.07, 6.45) is 3.54. The monoisotopic (exact) mass is 176 g/mol. The lowest BCUT2D eigenvalue weighted by Crippen LogP contribution is -2.18. The minimum Gasteiger partial charge on any atom is -0.352 e. The van der Waals surface area contributed by atoms with Gasteiger partial charge in [-0.2, -0.15) is 0 Å². The molecule has 0 spiro atoms. The number of rotatable bonds is 3. The third-order valence-electron chi connectivity index (χ3n) is 0.814. The van der Waals surface area contributed by atoms with Gasteiger partial charge in [-0.05, 0) is 13.0 Å². The van der Waals surface area contributed by atoms with Crippen molar-refractivity contribution in [1.82, 2.24) is 0 Å². The van der Waals surface area contributed by atoms with E-state index >= 15 is 0 Å². The summed E-state index contributed by atoms with van der Waals surface area (Å²) in [5.41, 5.74) is 8.50. The molecule has 0 saturated heterocycles. The van der Waals surface area contributed by atoms with Gasteiger partial charge in [-0.3, -0.25) is 0 Å². The number of carbonyl (C=O) groups excluding carboxylic acids is 1.